The number of benzene rings is 1. The minimum absolute atomic E-state index is 0.0659. The first-order valence-electron chi connectivity index (χ1n) is 7.45. The maximum atomic E-state index is 12.2. The number of hydrogen-bond acceptors (Lipinski definition) is 3. The fraction of sp³-hybridized carbons (Fsp3) is 0.278. The van der Waals surface area contributed by atoms with Gasteiger partial charge in [-0.3, -0.25) is 15.1 Å². The molecule has 0 spiro atoms. The van der Waals surface area contributed by atoms with Crippen LogP contribution in [-0.2, 0) is 12.0 Å². The zero-order valence-corrected chi connectivity index (χ0v) is 14.4. The first-order valence-corrected chi connectivity index (χ1v) is 7.86. The maximum Gasteiger partial charge on any atom is 0.257 e. The van der Waals surface area contributed by atoms with Gasteiger partial charge in [-0.2, -0.15) is 0 Å². The zero-order valence-electron chi connectivity index (χ0n) is 13.6. The molecule has 1 aromatic carbocycles. The lowest BCUT2D eigenvalue weighted by atomic mass is 9.87. The molecule has 0 bridgehead atoms. The van der Waals surface area contributed by atoms with Crippen LogP contribution in [-0.4, -0.2) is 16.0 Å². The average molecular weight is 327 g/mol. The summed E-state index contributed by atoms with van der Waals surface area (Å²) in [5.41, 5.74) is 2.89. The summed E-state index contributed by atoms with van der Waals surface area (Å²) in [5, 5.41) is 6.01. The fourth-order valence-electron chi connectivity index (χ4n) is 2.02. The van der Waals surface area contributed by atoms with E-state index in [-0.39, 0.29) is 11.3 Å². The minimum Gasteiger partial charge on any atom is -0.358 e. The number of aromatic nitrogens is 1. The predicted octanol–water partition coefficient (Wildman–Crippen LogP) is 3.18. The van der Waals surface area contributed by atoms with Gasteiger partial charge in [-0.25, -0.2) is 0 Å². The Balaban J connectivity index is 1.89. The van der Waals surface area contributed by atoms with Gasteiger partial charge in [0.15, 0.2) is 5.11 Å². The van der Waals surface area contributed by atoms with E-state index in [9.17, 15) is 4.79 Å². The molecule has 2 aromatic rings. The lowest BCUT2D eigenvalue weighted by Gasteiger charge is -2.19. The first-order chi connectivity index (χ1) is 10.9. The second kappa shape index (κ2) is 7.33. The van der Waals surface area contributed by atoms with E-state index in [1.165, 1.54) is 5.56 Å². The van der Waals surface area contributed by atoms with Crippen molar-refractivity contribution in [3.05, 3.63) is 65.5 Å². The van der Waals surface area contributed by atoms with Gasteiger partial charge in [-0.15, -0.1) is 0 Å². The first kappa shape index (κ1) is 17.1. The van der Waals surface area contributed by atoms with Crippen LogP contribution < -0.4 is 10.6 Å². The topological polar surface area (TPSA) is 54.0 Å². The second-order valence-electron chi connectivity index (χ2n) is 6.32. The normalized spacial score (nSPS) is 10.9. The fourth-order valence-corrected chi connectivity index (χ4v) is 2.19. The zero-order chi connectivity index (χ0) is 16.9. The van der Waals surface area contributed by atoms with Crippen molar-refractivity contribution in [3.8, 4) is 0 Å². The Morgan fingerprint density at radius 1 is 1.09 bits per heavy atom. The van der Waals surface area contributed by atoms with Gasteiger partial charge in [-0.1, -0.05) is 32.9 Å². The Morgan fingerprint density at radius 2 is 1.70 bits per heavy atom. The Labute approximate surface area is 142 Å². The van der Waals surface area contributed by atoms with Crippen LogP contribution in [0.25, 0.3) is 0 Å². The van der Waals surface area contributed by atoms with Gasteiger partial charge in [0, 0.05) is 24.5 Å². The van der Waals surface area contributed by atoms with Crippen LogP contribution >= 0.6 is 12.2 Å². The minimum atomic E-state index is -0.210. The summed E-state index contributed by atoms with van der Waals surface area (Å²) in [7, 11) is 0. The molecular formula is C18H21N3OS. The van der Waals surface area contributed by atoms with E-state index in [0.717, 1.165) is 5.56 Å². The molecule has 0 atom stereocenters. The van der Waals surface area contributed by atoms with Gasteiger partial charge >= 0.3 is 0 Å². The van der Waals surface area contributed by atoms with E-state index in [4.69, 9.17) is 12.2 Å². The summed E-state index contributed by atoms with van der Waals surface area (Å²) in [5.74, 6) is -0.210. The van der Waals surface area contributed by atoms with E-state index in [1.54, 1.807) is 12.4 Å². The van der Waals surface area contributed by atoms with Crippen molar-refractivity contribution in [1.82, 2.24) is 15.6 Å². The molecule has 23 heavy (non-hydrogen) atoms. The van der Waals surface area contributed by atoms with Crippen molar-refractivity contribution in [2.75, 3.05) is 0 Å². The second-order valence-corrected chi connectivity index (χ2v) is 6.73. The summed E-state index contributed by atoms with van der Waals surface area (Å²) in [6, 6.07) is 11.4. The smallest absolute Gasteiger partial charge is 0.257 e. The van der Waals surface area contributed by atoms with Crippen LogP contribution in [0.3, 0.4) is 0 Å². The molecule has 2 N–H and O–H groups in total. The predicted molar refractivity (Wildman–Crippen MR) is 96.3 cm³/mol. The summed E-state index contributed by atoms with van der Waals surface area (Å²) >= 11 is 5.16. The van der Waals surface area contributed by atoms with Gasteiger partial charge in [0.05, 0.1) is 0 Å². The van der Waals surface area contributed by atoms with E-state index in [0.29, 0.717) is 17.2 Å². The molecule has 0 aliphatic carbocycles. The largest absolute Gasteiger partial charge is 0.358 e. The van der Waals surface area contributed by atoms with Crippen molar-refractivity contribution < 1.29 is 4.79 Å². The third-order valence-corrected chi connectivity index (χ3v) is 3.69. The van der Waals surface area contributed by atoms with Crippen LogP contribution in [0.2, 0.25) is 0 Å². The SMILES string of the molecule is CC(C)(C)c1ccc(C(=O)NC(=S)NCc2ccncc2)cc1. The molecule has 5 heteroatoms. The Hall–Kier alpha value is -2.27. The van der Waals surface area contributed by atoms with E-state index in [1.807, 2.05) is 36.4 Å². The highest BCUT2D eigenvalue weighted by atomic mass is 32.1. The van der Waals surface area contributed by atoms with Crippen molar-refractivity contribution in [1.29, 1.82) is 0 Å². The van der Waals surface area contributed by atoms with Gasteiger partial charge in [0.25, 0.3) is 5.91 Å². The summed E-state index contributed by atoms with van der Waals surface area (Å²) < 4.78 is 0. The molecule has 0 saturated carbocycles. The average Bonchev–Trinajstić information content (AvgIpc) is 2.53. The highest BCUT2D eigenvalue weighted by molar-refractivity contribution is 7.80. The number of nitrogens with zero attached hydrogens (tertiary/aromatic N) is 1. The number of carbonyl (C=O) groups is 1. The van der Waals surface area contributed by atoms with Crippen LogP contribution in [0.15, 0.2) is 48.8 Å². The maximum absolute atomic E-state index is 12.2. The van der Waals surface area contributed by atoms with E-state index in [2.05, 4.69) is 36.4 Å². The monoisotopic (exact) mass is 327 g/mol. The standard InChI is InChI=1S/C18H21N3OS/c1-18(2,3)15-6-4-14(5-7-15)16(22)21-17(23)20-12-13-8-10-19-11-9-13/h4-11H,12H2,1-3H3,(H2,20,21,22,23). The molecule has 4 nitrogen and oxygen atoms in total. The Morgan fingerprint density at radius 3 is 2.26 bits per heavy atom. The highest BCUT2D eigenvalue weighted by Gasteiger charge is 2.14. The number of hydrogen-bond donors (Lipinski definition) is 2. The van der Waals surface area contributed by atoms with Gasteiger partial charge in [-0.05, 0) is 53.0 Å². The van der Waals surface area contributed by atoms with Crippen LogP contribution in [0.1, 0.15) is 42.3 Å². The van der Waals surface area contributed by atoms with Gasteiger partial charge in [0.1, 0.15) is 0 Å². The van der Waals surface area contributed by atoms with E-state index >= 15 is 0 Å². The summed E-state index contributed by atoms with van der Waals surface area (Å²) in [4.78, 5) is 16.1. The molecule has 120 valence electrons. The molecule has 0 unspecified atom stereocenters. The van der Waals surface area contributed by atoms with Crippen molar-refractivity contribution in [2.24, 2.45) is 0 Å². The number of rotatable bonds is 3. The van der Waals surface area contributed by atoms with Crippen LogP contribution in [0, 0.1) is 0 Å². The molecule has 0 aliphatic rings. The van der Waals surface area contributed by atoms with Crippen LogP contribution in [0.4, 0.5) is 0 Å². The lowest BCUT2D eigenvalue weighted by molar-refractivity contribution is 0.0976. The number of nitrogens with one attached hydrogen (secondary N) is 2. The third-order valence-electron chi connectivity index (χ3n) is 3.44. The molecule has 0 radical (unpaired) electrons. The molecule has 0 fully saturated rings. The van der Waals surface area contributed by atoms with E-state index < -0.39 is 0 Å². The number of carbonyl (C=O) groups excluding carboxylic acids is 1. The van der Waals surface area contributed by atoms with Crippen molar-refractivity contribution in [3.63, 3.8) is 0 Å². The number of thiocarbonyl (C=S) groups is 1. The Kier molecular flexibility index (Phi) is 5.45. The summed E-state index contributed by atoms with van der Waals surface area (Å²) in [6.45, 7) is 6.96. The van der Waals surface area contributed by atoms with Crippen molar-refractivity contribution >= 4 is 23.2 Å². The molecule has 2 rings (SSSR count). The number of pyridine rings is 1. The molecule has 0 aliphatic heterocycles. The molecule has 1 amide bonds. The highest BCUT2D eigenvalue weighted by Crippen LogP contribution is 2.22. The lowest BCUT2D eigenvalue weighted by Crippen LogP contribution is -2.38. The molecular weight excluding hydrogens is 306 g/mol. The van der Waals surface area contributed by atoms with Crippen molar-refractivity contribution in [2.45, 2.75) is 32.7 Å². The Bertz CT molecular complexity index is 676. The molecule has 1 heterocycles. The van der Waals surface area contributed by atoms with Crippen LogP contribution in [0.5, 0.6) is 0 Å². The third kappa shape index (κ3) is 5.14. The molecule has 1 aromatic heterocycles. The van der Waals surface area contributed by atoms with Gasteiger partial charge < -0.3 is 5.32 Å². The van der Waals surface area contributed by atoms with Gasteiger partial charge in [0.2, 0.25) is 0 Å². The molecule has 0 saturated heterocycles. The summed E-state index contributed by atoms with van der Waals surface area (Å²) in [6.07, 6.45) is 3.44. The quantitative estimate of drug-likeness (QED) is 0.850. The number of amides is 1.